The SMILES string of the molecule is CCCc1nc(N)nc(NCCOC(N)=O)n1. The Morgan fingerprint density at radius 2 is 2.18 bits per heavy atom. The van der Waals surface area contributed by atoms with Gasteiger partial charge in [0.05, 0.1) is 6.54 Å². The Balaban J connectivity index is 2.49. The van der Waals surface area contributed by atoms with Crippen molar-refractivity contribution in [3.63, 3.8) is 0 Å². The molecule has 0 aliphatic carbocycles. The predicted molar refractivity (Wildman–Crippen MR) is 62.3 cm³/mol. The summed E-state index contributed by atoms with van der Waals surface area (Å²) in [5.41, 5.74) is 10.3. The maximum absolute atomic E-state index is 10.3. The molecule has 0 saturated heterocycles. The van der Waals surface area contributed by atoms with Crippen molar-refractivity contribution < 1.29 is 9.53 Å². The van der Waals surface area contributed by atoms with Gasteiger partial charge in [-0.1, -0.05) is 6.92 Å². The van der Waals surface area contributed by atoms with Crippen molar-refractivity contribution in [3.8, 4) is 0 Å². The van der Waals surface area contributed by atoms with Crippen molar-refractivity contribution in [3.05, 3.63) is 5.82 Å². The van der Waals surface area contributed by atoms with Gasteiger partial charge in [-0.15, -0.1) is 0 Å². The minimum absolute atomic E-state index is 0.143. The summed E-state index contributed by atoms with van der Waals surface area (Å²) in [4.78, 5) is 22.4. The van der Waals surface area contributed by atoms with Gasteiger partial charge >= 0.3 is 6.09 Å². The van der Waals surface area contributed by atoms with Crippen molar-refractivity contribution in [2.24, 2.45) is 5.73 Å². The molecule has 0 aliphatic rings. The zero-order chi connectivity index (χ0) is 12.7. The van der Waals surface area contributed by atoms with E-state index in [4.69, 9.17) is 11.5 Å². The molecule has 0 fully saturated rings. The topological polar surface area (TPSA) is 129 Å². The molecule has 1 amide bonds. The van der Waals surface area contributed by atoms with Crippen LogP contribution in [0.2, 0.25) is 0 Å². The Kier molecular flexibility index (Phi) is 4.92. The Morgan fingerprint density at radius 3 is 2.82 bits per heavy atom. The molecule has 8 heteroatoms. The third-order valence-electron chi connectivity index (χ3n) is 1.80. The number of nitrogens with one attached hydrogen (secondary N) is 1. The number of nitrogen functional groups attached to an aromatic ring is 1. The Bertz CT molecular complexity index is 384. The number of primary amides is 1. The molecule has 5 N–H and O–H groups in total. The van der Waals surface area contributed by atoms with Crippen molar-refractivity contribution in [2.45, 2.75) is 19.8 Å². The number of amides is 1. The van der Waals surface area contributed by atoms with Gasteiger partial charge < -0.3 is 21.5 Å². The molecule has 94 valence electrons. The van der Waals surface area contributed by atoms with Crippen LogP contribution in [0.15, 0.2) is 0 Å². The van der Waals surface area contributed by atoms with Crippen LogP contribution < -0.4 is 16.8 Å². The van der Waals surface area contributed by atoms with E-state index in [2.05, 4.69) is 25.0 Å². The highest BCUT2D eigenvalue weighted by Crippen LogP contribution is 2.04. The maximum atomic E-state index is 10.3. The van der Waals surface area contributed by atoms with E-state index in [9.17, 15) is 4.79 Å². The second kappa shape index (κ2) is 6.46. The lowest BCUT2D eigenvalue weighted by Gasteiger charge is -2.06. The molecule has 0 bridgehead atoms. The summed E-state index contributed by atoms with van der Waals surface area (Å²) >= 11 is 0. The van der Waals surface area contributed by atoms with Crippen LogP contribution in [0, 0.1) is 0 Å². The number of anilines is 2. The van der Waals surface area contributed by atoms with E-state index < -0.39 is 6.09 Å². The monoisotopic (exact) mass is 240 g/mol. The zero-order valence-corrected chi connectivity index (χ0v) is 9.64. The lowest BCUT2D eigenvalue weighted by atomic mass is 10.3. The van der Waals surface area contributed by atoms with Crippen molar-refractivity contribution >= 4 is 18.0 Å². The molecule has 0 spiro atoms. The number of aromatic nitrogens is 3. The summed E-state index contributed by atoms with van der Waals surface area (Å²) in [6.45, 7) is 2.52. The van der Waals surface area contributed by atoms with Gasteiger partial charge in [0.25, 0.3) is 0 Å². The number of hydrogen-bond donors (Lipinski definition) is 3. The standard InChI is InChI=1S/C9H16N6O2/c1-2-3-6-13-7(10)15-9(14-6)12-4-5-17-8(11)16/h2-5H2,1H3,(H2,11,16)(H3,10,12,13,14,15). The average molecular weight is 240 g/mol. The molecule has 1 aromatic rings. The van der Waals surface area contributed by atoms with Crippen LogP contribution in [0.4, 0.5) is 16.7 Å². The van der Waals surface area contributed by atoms with Crippen LogP contribution in [-0.4, -0.2) is 34.2 Å². The van der Waals surface area contributed by atoms with Crippen LogP contribution in [0.5, 0.6) is 0 Å². The summed E-state index contributed by atoms with van der Waals surface area (Å²) in [7, 11) is 0. The van der Waals surface area contributed by atoms with Gasteiger partial charge in [0, 0.05) is 6.42 Å². The number of ether oxygens (including phenoxy) is 1. The van der Waals surface area contributed by atoms with Crippen LogP contribution in [0.1, 0.15) is 19.2 Å². The summed E-state index contributed by atoms with van der Waals surface area (Å²) in [5, 5.41) is 2.86. The molecule has 0 saturated carbocycles. The van der Waals surface area contributed by atoms with Crippen LogP contribution in [0.3, 0.4) is 0 Å². The fourth-order valence-corrected chi connectivity index (χ4v) is 1.17. The van der Waals surface area contributed by atoms with Crippen molar-refractivity contribution in [1.82, 2.24) is 15.0 Å². The Labute approximate surface area is 98.8 Å². The molecule has 1 heterocycles. The van der Waals surface area contributed by atoms with Gasteiger partial charge in [-0.3, -0.25) is 0 Å². The number of aryl methyl sites for hydroxylation is 1. The summed E-state index contributed by atoms with van der Waals surface area (Å²) < 4.78 is 4.55. The molecule has 17 heavy (non-hydrogen) atoms. The fourth-order valence-electron chi connectivity index (χ4n) is 1.17. The summed E-state index contributed by atoms with van der Waals surface area (Å²) in [5.74, 6) is 1.18. The lowest BCUT2D eigenvalue weighted by Crippen LogP contribution is -2.19. The quantitative estimate of drug-likeness (QED) is 0.592. The van der Waals surface area contributed by atoms with E-state index in [1.807, 2.05) is 6.92 Å². The Morgan fingerprint density at radius 1 is 1.41 bits per heavy atom. The zero-order valence-electron chi connectivity index (χ0n) is 9.64. The van der Waals surface area contributed by atoms with E-state index in [-0.39, 0.29) is 12.6 Å². The smallest absolute Gasteiger partial charge is 0.404 e. The van der Waals surface area contributed by atoms with E-state index in [1.165, 1.54) is 0 Å². The predicted octanol–water partition coefficient (Wildman–Crippen LogP) is -0.0865. The molecule has 1 rings (SSSR count). The van der Waals surface area contributed by atoms with Gasteiger partial charge in [-0.05, 0) is 6.42 Å². The first kappa shape index (κ1) is 12.9. The first-order valence-corrected chi connectivity index (χ1v) is 5.28. The van der Waals surface area contributed by atoms with Crippen LogP contribution in [0.25, 0.3) is 0 Å². The van der Waals surface area contributed by atoms with Crippen LogP contribution in [-0.2, 0) is 11.2 Å². The second-order valence-electron chi connectivity index (χ2n) is 3.28. The number of nitrogens with two attached hydrogens (primary N) is 2. The van der Waals surface area contributed by atoms with Crippen molar-refractivity contribution in [1.29, 1.82) is 0 Å². The highest BCUT2D eigenvalue weighted by Gasteiger charge is 2.03. The highest BCUT2D eigenvalue weighted by molar-refractivity contribution is 5.64. The lowest BCUT2D eigenvalue weighted by molar-refractivity contribution is 0.161. The largest absolute Gasteiger partial charge is 0.448 e. The average Bonchev–Trinajstić information content (AvgIpc) is 2.24. The minimum atomic E-state index is -0.811. The summed E-state index contributed by atoms with van der Waals surface area (Å²) in [6, 6.07) is 0. The molecule has 0 unspecified atom stereocenters. The van der Waals surface area contributed by atoms with Crippen molar-refractivity contribution in [2.75, 3.05) is 24.2 Å². The molecule has 0 radical (unpaired) electrons. The molecular weight excluding hydrogens is 224 g/mol. The van der Waals surface area contributed by atoms with Gasteiger partial charge in [0.15, 0.2) is 0 Å². The van der Waals surface area contributed by atoms with E-state index in [0.29, 0.717) is 18.3 Å². The normalized spacial score (nSPS) is 9.94. The van der Waals surface area contributed by atoms with Gasteiger partial charge in [-0.25, -0.2) is 4.79 Å². The molecule has 0 atom stereocenters. The third-order valence-corrected chi connectivity index (χ3v) is 1.80. The number of nitrogens with zero attached hydrogens (tertiary/aromatic N) is 3. The summed E-state index contributed by atoms with van der Waals surface area (Å²) in [6.07, 6.45) is 0.848. The van der Waals surface area contributed by atoms with Gasteiger partial charge in [0.1, 0.15) is 12.4 Å². The molecule has 0 aliphatic heterocycles. The molecule has 1 aromatic heterocycles. The fraction of sp³-hybridized carbons (Fsp3) is 0.556. The first-order valence-electron chi connectivity index (χ1n) is 5.28. The van der Waals surface area contributed by atoms with Crippen LogP contribution >= 0.6 is 0 Å². The number of carbonyl (C=O) groups excluding carboxylic acids is 1. The second-order valence-corrected chi connectivity index (χ2v) is 3.28. The third kappa shape index (κ3) is 4.96. The molecular formula is C9H16N6O2. The number of carbonyl (C=O) groups is 1. The Hall–Kier alpha value is -2.12. The minimum Gasteiger partial charge on any atom is -0.448 e. The number of hydrogen-bond acceptors (Lipinski definition) is 7. The molecule has 8 nitrogen and oxygen atoms in total. The van der Waals surface area contributed by atoms with E-state index >= 15 is 0 Å². The molecule has 0 aromatic carbocycles. The van der Waals surface area contributed by atoms with Gasteiger partial charge in [0.2, 0.25) is 11.9 Å². The van der Waals surface area contributed by atoms with E-state index in [0.717, 1.165) is 12.8 Å². The van der Waals surface area contributed by atoms with Gasteiger partial charge in [-0.2, -0.15) is 15.0 Å². The van der Waals surface area contributed by atoms with E-state index in [1.54, 1.807) is 0 Å². The first-order chi connectivity index (χ1) is 8.11. The maximum Gasteiger partial charge on any atom is 0.404 e. The number of rotatable bonds is 6. The highest BCUT2D eigenvalue weighted by atomic mass is 16.5.